The standard InChI is InChI=1S/C23H31FN6O3/c1-2-16(24)13-26-23-27-14-19(21(29-23)28-17-5-7-18(31)8-6-17)20-9-4-15(12-25-20)22(32)30-10-3-11-33-30/h4,9,12,14,16-18,31H,2-3,5-8,10-11,13H2,1H3,(H2,26,27,28,29)/t16-,17?,18?/m0/s1. The predicted octanol–water partition coefficient (Wildman–Crippen LogP) is 3.19. The Kier molecular flexibility index (Phi) is 7.66. The number of rotatable bonds is 8. The maximum atomic E-state index is 13.7. The molecular weight excluding hydrogens is 427 g/mol. The Bertz CT molecular complexity index is 930. The van der Waals surface area contributed by atoms with Gasteiger partial charge in [0.15, 0.2) is 0 Å². The molecule has 1 atom stereocenters. The Morgan fingerprint density at radius 1 is 1.27 bits per heavy atom. The van der Waals surface area contributed by atoms with E-state index in [9.17, 15) is 14.3 Å². The zero-order chi connectivity index (χ0) is 23.2. The Labute approximate surface area is 192 Å². The first kappa shape index (κ1) is 23.3. The van der Waals surface area contributed by atoms with Crippen molar-refractivity contribution in [3.05, 3.63) is 30.1 Å². The van der Waals surface area contributed by atoms with Crippen LogP contribution in [0, 0.1) is 0 Å². The van der Waals surface area contributed by atoms with Crippen molar-refractivity contribution >= 4 is 17.7 Å². The van der Waals surface area contributed by atoms with Gasteiger partial charge in [0.25, 0.3) is 5.91 Å². The Balaban J connectivity index is 1.55. The smallest absolute Gasteiger partial charge is 0.278 e. The fourth-order valence-electron chi connectivity index (χ4n) is 3.96. The predicted molar refractivity (Wildman–Crippen MR) is 122 cm³/mol. The third-order valence-electron chi connectivity index (χ3n) is 6.02. The highest BCUT2D eigenvalue weighted by Crippen LogP contribution is 2.29. The van der Waals surface area contributed by atoms with Crippen molar-refractivity contribution in [2.45, 2.75) is 63.8 Å². The van der Waals surface area contributed by atoms with Gasteiger partial charge in [-0.15, -0.1) is 0 Å². The maximum absolute atomic E-state index is 13.7. The number of amides is 1. The van der Waals surface area contributed by atoms with Crippen molar-refractivity contribution in [1.29, 1.82) is 0 Å². The molecule has 4 rings (SSSR count). The van der Waals surface area contributed by atoms with Crippen LogP contribution in [-0.4, -0.2) is 69.0 Å². The summed E-state index contributed by atoms with van der Waals surface area (Å²) in [7, 11) is 0. The number of pyridine rings is 1. The number of halogens is 1. The summed E-state index contributed by atoms with van der Waals surface area (Å²) in [5.74, 6) is 0.722. The number of hydrogen-bond acceptors (Lipinski definition) is 8. The molecule has 0 spiro atoms. The summed E-state index contributed by atoms with van der Waals surface area (Å²) in [6.45, 7) is 3.05. The van der Waals surface area contributed by atoms with Crippen LogP contribution in [0.1, 0.15) is 55.8 Å². The summed E-state index contributed by atoms with van der Waals surface area (Å²) in [4.78, 5) is 31.3. The minimum absolute atomic E-state index is 0.137. The van der Waals surface area contributed by atoms with Gasteiger partial charge in [-0.3, -0.25) is 14.6 Å². The van der Waals surface area contributed by atoms with Crippen LogP contribution in [0.5, 0.6) is 0 Å². The number of aromatic nitrogens is 3. The largest absolute Gasteiger partial charge is 0.393 e. The van der Waals surface area contributed by atoms with Crippen LogP contribution in [0.15, 0.2) is 24.5 Å². The van der Waals surface area contributed by atoms with Gasteiger partial charge >= 0.3 is 0 Å². The summed E-state index contributed by atoms with van der Waals surface area (Å²) >= 11 is 0. The van der Waals surface area contributed by atoms with Crippen LogP contribution < -0.4 is 10.6 Å². The van der Waals surface area contributed by atoms with Crippen LogP contribution in [0.3, 0.4) is 0 Å². The van der Waals surface area contributed by atoms with E-state index in [4.69, 9.17) is 4.84 Å². The van der Waals surface area contributed by atoms with Gasteiger partial charge in [0.2, 0.25) is 5.95 Å². The lowest BCUT2D eigenvalue weighted by atomic mass is 9.93. The number of anilines is 2. The molecule has 0 aromatic carbocycles. The number of alkyl halides is 1. The van der Waals surface area contributed by atoms with Crippen LogP contribution in [0.4, 0.5) is 16.2 Å². The zero-order valence-corrected chi connectivity index (χ0v) is 18.8. The second kappa shape index (κ2) is 10.8. The van der Waals surface area contributed by atoms with Crippen LogP contribution >= 0.6 is 0 Å². The molecule has 33 heavy (non-hydrogen) atoms. The van der Waals surface area contributed by atoms with E-state index < -0.39 is 6.17 Å². The summed E-state index contributed by atoms with van der Waals surface area (Å²) in [6.07, 6.45) is 6.31. The van der Waals surface area contributed by atoms with E-state index in [2.05, 4.69) is 25.6 Å². The van der Waals surface area contributed by atoms with E-state index in [0.29, 0.717) is 48.2 Å². The number of carbonyl (C=O) groups is 1. The highest BCUT2D eigenvalue weighted by molar-refractivity contribution is 5.93. The molecule has 1 amide bonds. The van der Waals surface area contributed by atoms with Gasteiger partial charge in [-0.05, 0) is 50.7 Å². The fraction of sp³-hybridized carbons (Fsp3) is 0.565. The van der Waals surface area contributed by atoms with Crippen molar-refractivity contribution in [3.63, 3.8) is 0 Å². The molecule has 2 aromatic rings. The van der Waals surface area contributed by atoms with Gasteiger partial charge in [-0.25, -0.2) is 14.4 Å². The van der Waals surface area contributed by atoms with Crippen molar-refractivity contribution in [2.24, 2.45) is 0 Å². The van der Waals surface area contributed by atoms with Gasteiger partial charge in [0.1, 0.15) is 12.0 Å². The van der Waals surface area contributed by atoms with Gasteiger partial charge in [-0.2, -0.15) is 4.98 Å². The molecule has 178 valence electrons. The number of aliphatic hydroxyl groups is 1. The number of nitrogens with one attached hydrogen (secondary N) is 2. The molecule has 1 aliphatic carbocycles. The summed E-state index contributed by atoms with van der Waals surface area (Å²) in [6, 6.07) is 3.64. The topological polar surface area (TPSA) is 113 Å². The Hall–Kier alpha value is -2.85. The molecule has 0 bridgehead atoms. The molecule has 10 heteroatoms. The summed E-state index contributed by atoms with van der Waals surface area (Å²) in [5, 5.41) is 17.6. The van der Waals surface area contributed by atoms with E-state index in [1.165, 1.54) is 11.3 Å². The van der Waals surface area contributed by atoms with Gasteiger partial charge in [0, 0.05) is 25.0 Å². The number of nitrogens with zero attached hydrogens (tertiary/aromatic N) is 4. The van der Waals surface area contributed by atoms with Gasteiger partial charge < -0.3 is 15.7 Å². The zero-order valence-electron chi connectivity index (χ0n) is 18.8. The van der Waals surface area contributed by atoms with Gasteiger partial charge in [0.05, 0.1) is 36.1 Å². The molecule has 9 nitrogen and oxygen atoms in total. The molecule has 0 radical (unpaired) electrons. The first-order chi connectivity index (χ1) is 16.0. The van der Waals surface area contributed by atoms with Crippen LogP contribution in [0.2, 0.25) is 0 Å². The lowest BCUT2D eigenvalue weighted by Crippen LogP contribution is -2.29. The highest BCUT2D eigenvalue weighted by Gasteiger charge is 2.23. The molecule has 1 saturated carbocycles. The number of hydroxylamine groups is 2. The summed E-state index contributed by atoms with van der Waals surface area (Å²) in [5.41, 5.74) is 1.76. The maximum Gasteiger partial charge on any atom is 0.278 e. The van der Waals surface area contributed by atoms with E-state index in [0.717, 1.165) is 32.1 Å². The summed E-state index contributed by atoms with van der Waals surface area (Å²) < 4.78 is 13.7. The van der Waals surface area contributed by atoms with Crippen molar-refractivity contribution < 1.29 is 19.1 Å². The second-order valence-electron chi connectivity index (χ2n) is 8.52. The fourth-order valence-corrected chi connectivity index (χ4v) is 3.96. The molecule has 3 heterocycles. The van der Waals surface area contributed by atoms with E-state index in [-0.39, 0.29) is 24.6 Å². The van der Waals surface area contributed by atoms with Gasteiger partial charge in [-0.1, -0.05) is 6.92 Å². The quantitative estimate of drug-likeness (QED) is 0.553. The molecule has 2 fully saturated rings. The highest BCUT2D eigenvalue weighted by atomic mass is 19.1. The molecular formula is C23H31FN6O3. The van der Waals surface area contributed by atoms with Crippen LogP contribution in [-0.2, 0) is 4.84 Å². The minimum atomic E-state index is -0.976. The third kappa shape index (κ3) is 5.94. The number of hydrogen-bond donors (Lipinski definition) is 3. The van der Waals surface area contributed by atoms with Crippen molar-refractivity contribution in [1.82, 2.24) is 20.0 Å². The average Bonchev–Trinajstić information content (AvgIpc) is 3.39. The first-order valence-corrected chi connectivity index (χ1v) is 11.6. The third-order valence-corrected chi connectivity index (χ3v) is 6.02. The van der Waals surface area contributed by atoms with Crippen molar-refractivity contribution in [2.75, 3.05) is 30.3 Å². The molecule has 1 aliphatic heterocycles. The van der Waals surface area contributed by atoms with E-state index in [1.807, 2.05) is 0 Å². The molecule has 2 aromatic heterocycles. The number of carbonyl (C=O) groups excluding carboxylic acids is 1. The SMILES string of the molecule is CC[C@H](F)CNc1ncc(-c2ccc(C(=O)N3CCCO3)cn2)c(NC2CCC(O)CC2)n1. The van der Waals surface area contributed by atoms with Crippen molar-refractivity contribution in [3.8, 4) is 11.3 Å². The normalized spacial score (nSPS) is 21.6. The molecule has 1 saturated heterocycles. The Morgan fingerprint density at radius 2 is 2.09 bits per heavy atom. The lowest BCUT2D eigenvalue weighted by Gasteiger charge is -2.27. The second-order valence-corrected chi connectivity index (χ2v) is 8.52. The average molecular weight is 459 g/mol. The van der Waals surface area contributed by atoms with Crippen LogP contribution in [0.25, 0.3) is 11.3 Å². The first-order valence-electron chi connectivity index (χ1n) is 11.6. The number of aliphatic hydroxyl groups excluding tert-OH is 1. The Morgan fingerprint density at radius 3 is 2.76 bits per heavy atom. The monoisotopic (exact) mass is 458 g/mol. The van der Waals surface area contributed by atoms with E-state index >= 15 is 0 Å². The molecule has 3 N–H and O–H groups in total. The molecule has 0 unspecified atom stereocenters. The minimum Gasteiger partial charge on any atom is -0.393 e. The lowest BCUT2D eigenvalue weighted by molar-refractivity contribution is -0.0768. The molecule has 2 aliphatic rings. The van der Waals surface area contributed by atoms with E-state index in [1.54, 1.807) is 25.3 Å².